The highest BCUT2D eigenvalue weighted by Gasteiger charge is 2.39. The first-order valence-corrected chi connectivity index (χ1v) is 25.2. The lowest BCUT2D eigenvalue weighted by Crippen LogP contribution is -2.31. The Morgan fingerprint density at radius 2 is 0.543 bits per heavy atom. The van der Waals surface area contributed by atoms with Gasteiger partial charge in [-0.1, -0.05) is 110 Å². The van der Waals surface area contributed by atoms with E-state index in [9.17, 15) is 19.2 Å². The maximum Gasteiger partial charge on any atom is 0.274 e. The molecule has 0 saturated heterocycles. The first-order chi connectivity index (χ1) is 33.3. The summed E-state index contributed by atoms with van der Waals surface area (Å²) in [5.74, 6) is -1.90. The van der Waals surface area contributed by atoms with Crippen LogP contribution in [0.5, 0.6) is 0 Å². The molecule has 12 aliphatic rings. The van der Waals surface area contributed by atoms with Gasteiger partial charge in [-0.3, -0.25) is 19.2 Å². The van der Waals surface area contributed by atoms with Gasteiger partial charge in [0.05, 0.1) is 0 Å². The molecular formula is C58H60Cl2N6O4. The van der Waals surface area contributed by atoms with Crippen LogP contribution < -0.4 is 21.3 Å². The van der Waals surface area contributed by atoms with Crippen LogP contribution in [0.15, 0.2) is 72.8 Å². The quantitative estimate of drug-likeness (QED) is 0.119. The van der Waals surface area contributed by atoms with Crippen LogP contribution in [0.4, 0.5) is 22.7 Å². The van der Waals surface area contributed by atoms with Crippen molar-refractivity contribution in [1.29, 1.82) is 0 Å². The number of nitrogens with one attached hydrogen (secondary N) is 4. The van der Waals surface area contributed by atoms with Crippen LogP contribution in [0.1, 0.15) is 173 Å². The number of aryl methyl sites for hydroxylation is 8. The van der Waals surface area contributed by atoms with Gasteiger partial charge in [-0.05, 0) is 172 Å². The lowest BCUT2D eigenvalue weighted by atomic mass is 9.64. The van der Waals surface area contributed by atoms with E-state index in [1.165, 1.54) is 24.3 Å². The van der Waals surface area contributed by atoms with E-state index in [1.54, 1.807) is 0 Å². The van der Waals surface area contributed by atoms with Gasteiger partial charge < -0.3 is 21.3 Å². The second-order valence-electron chi connectivity index (χ2n) is 20.2. The van der Waals surface area contributed by atoms with Crippen molar-refractivity contribution < 1.29 is 19.2 Å². The first-order valence-electron chi connectivity index (χ1n) is 24.4. The number of hydrogen-bond donors (Lipinski definition) is 4. The number of carbonyl (C=O) groups is 4. The third-order valence-electron chi connectivity index (χ3n) is 15.2. The average molecular weight is 976 g/mol. The molecule has 4 amide bonds. The second-order valence-corrected chi connectivity index (χ2v) is 21.0. The van der Waals surface area contributed by atoms with E-state index < -0.39 is 23.6 Å². The minimum Gasteiger partial charge on any atom is -0.320 e. The van der Waals surface area contributed by atoms with Crippen LogP contribution in [0.2, 0.25) is 10.0 Å². The summed E-state index contributed by atoms with van der Waals surface area (Å²) in [5, 5.41) is 12.9. The Kier molecular flexibility index (Phi) is 13.3. The number of amides is 4. The number of pyridine rings is 2. The van der Waals surface area contributed by atoms with Crippen LogP contribution in [0.25, 0.3) is 0 Å². The Hall–Kier alpha value is -6.36. The van der Waals surface area contributed by atoms with E-state index in [-0.39, 0.29) is 43.7 Å². The lowest BCUT2D eigenvalue weighted by molar-refractivity contribution is 0.0998. The van der Waals surface area contributed by atoms with Gasteiger partial charge >= 0.3 is 0 Å². The summed E-state index contributed by atoms with van der Waals surface area (Å²) >= 11 is 13.2. The van der Waals surface area contributed by atoms with Gasteiger partial charge in [0.25, 0.3) is 23.6 Å². The van der Waals surface area contributed by atoms with Crippen molar-refractivity contribution in [3.63, 3.8) is 0 Å². The molecule has 0 atom stereocenters. The largest absolute Gasteiger partial charge is 0.320 e. The molecule has 2 spiro atoms. The number of hydrogen-bond acceptors (Lipinski definition) is 6. The molecule has 12 bridgehead atoms. The van der Waals surface area contributed by atoms with E-state index in [0.717, 1.165) is 131 Å². The molecule has 2 saturated carbocycles. The van der Waals surface area contributed by atoms with Crippen molar-refractivity contribution in [3.8, 4) is 0 Å². The van der Waals surface area contributed by atoms with Crippen LogP contribution in [-0.4, -0.2) is 33.6 Å². The monoisotopic (exact) mass is 974 g/mol. The zero-order valence-electron chi connectivity index (χ0n) is 41.3. The zero-order valence-corrected chi connectivity index (χ0v) is 42.8. The fourth-order valence-corrected chi connectivity index (χ4v) is 12.1. The number of aromatic nitrogens is 2. The second kappa shape index (κ2) is 19.1. The number of carbonyl (C=O) groups excluding carboxylic acids is 4. The fourth-order valence-electron chi connectivity index (χ4n) is 11.7. The van der Waals surface area contributed by atoms with Crippen molar-refractivity contribution in [3.05, 3.63) is 172 Å². The maximum atomic E-state index is 14.1. The molecule has 70 heavy (non-hydrogen) atoms. The molecule has 2 aliphatic carbocycles. The third kappa shape index (κ3) is 9.12. The molecule has 2 aromatic heterocycles. The van der Waals surface area contributed by atoms with E-state index >= 15 is 0 Å². The molecular weight excluding hydrogens is 916 g/mol. The summed E-state index contributed by atoms with van der Waals surface area (Å²) in [7, 11) is 0. The Morgan fingerprint density at radius 3 is 0.743 bits per heavy atom. The molecule has 6 aromatic rings. The average Bonchev–Trinajstić information content (AvgIpc) is 3.32. The van der Waals surface area contributed by atoms with Crippen molar-refractivity contribution in [2.75, 3.05) is 21.3 Å². The molecule has 10 nitrogen and oxygen atoms in total. The molecule has 0 unspecified atom stereocenters. The summed E-state index contributed by atoms with van der Waals surface area (Å²) in [6, 6.07) is 23.3. The topological polar surface area (TPSA) is 142 Å². The summed E-state index contributed by atoms with van der Waals surface area (Å²) in [6.45, 7) is 16.0. The molecule has 12 heteroatoms. The van der Waals surface area contributed by atoms with E-state index in [1.807, 2.05) is 55.4 Å². The Bertz CT molecular complexity index is 2680. The standard InChI is InChI=1S/C58H60Cl2N6O4/c1-31-19-39-20-32(2)49(31)63-53(67)45-27-43(59)28-46(61-45)54(68)65-51-35(5)23-41(24-36(51)6)58(17-13-10-14-18-58)42-25-37(7)52(38(8)26-42)66-56(70)48-30-44(60)29-47(62-48)55(69)64-50-33(3)21-40(22-34(50)4)57(39)15-11-9-12-16-57/h19-30H,9-18H2,1-8H3,(H,63,67)(H,64,69)(H,65,68)(H,66,70). The van der Waals surface area contributed by atoms with Gasteiger partial charge in [-0.2, -0.15) is 0 Å². The molecule has 18 rings (SSSR count). The fraction of sp³-hybridized carbons (Fsp3) is 0.345. The van der Waals surface area contributed by atoms with E-state index in [0.29, 0.717) is 22.7 Å². The summed E-state index contributed by atoms with van der Waals surface area (Å²) < 4.78 is 0. The van der Waals surface area contributed by atoms with Gasteiger partial charge in [-0.15, -0.1) is 0 Å². The van der Waals surface area contributed by atoms with Gasteiger partial charge in [0.1, 0.15) is 22.8 Å². The Morgan fingerprint density at radius 1 is 0.343 bits per heavy atom. The Labute approximate surface area is 420 Å². The number of nitrogens with zero attached hydrogens (tertiary/aromatic N) is 2. The van der Waals surface area contributed by atoms with Crippen LogP contribution in [-0.2, 0) is 10.8 Å². The third-order valence-corrected chi connectivity index (χ3v) is 15.7. The highest BCUT2D eigenvalue weighted by Crippen LogP contribution is 2.49. The van der Waals surface area contributed by atoms with Crippen molar-refractivity contribution in [2.45, 2.75) is 130 Å². The molecule has 4 aromatic carbocycles. The predicted octanol–water partition coefficient (Wildman–Crippen LogP) is 14.1. The van der Waals surface area contributed by atoms with Gasteiger partial charge in [0.2, 0.25) is 0 Å². The SMILES string of the molecule is Cc1cc2cc(C)c1NC(=O)c1cc(Cl)cc(n1)C(=O)Nc1c(C)cc(cc1C)C1(CCCCC1)c1cc(C)c(c(C)c1)NC(=O)c1cc(Cl)cc(n1)C(=O)Nc1c(C)cc(cc1C)C21CCCCC1. The lowest BCUT2D eigenvalue weighted by Gasteiger charge is -2.40. The molecule has 10 aliphatic heterocycles. The highest BCUT2D eigenvalue weighted by atomic mass is 35.5. The summed E-state index contributed by atoms with van der Waals surface area (Å²) in [6.07, 6.45) is 10.2. The van der Waals surface area contributed by atoms with Crippen molar-refractivity contribution >= 4 is 69.6 Å². The summed E-state index contributed by atoms with van der Waals surface area (Å²) in [5.41, 5.74) is 13.9. The molecule has 360 valence electrons. The normalized spacial score (nSPS) is 16.9. The van der Waals surface area contributed by atoms with Crippen LogP contribution in [0.3, 0.4) is 0 Å². The molecule has 2 fully saturated rings. The van der Waals surface area contributed by atoms with Crippen LogP contribution in [0, 0.1) is 55.4 Å². The molecule has 4 N–H and O–H groups in total. The van der Waals surface area contributed by atoms with Crippen molar-refractivity contribution in [2.24, 2.45) is 0 Å². The smallest absolute Gasteiger partial charge is 0.274 e. The zero-order chi connectivity index (χ0) is 49.8. The van der Waals surface area contributed by atoms with Gasteiger partial charge in [0.15, 0.2) is 0 Å². The van der Waals surface area contributed by atoms with Crippen molar-refractivity contribution in [1.82, 2.24) is 9.97 Å². The summed E-state index contributed by atoms with van der Waals surface area (Å²) in [4.78, 5) is 65.4. The minimum absolute atomic E-state index is 0.0270. The number of anilines is 4. The first kappa shape index (κ1) is 48.7. The number of rotatable bonds is 0. The predicted molar refractivity (Wildman–Crippen MR) is 282 cm³/mol. The maximum absolute atomic E-state index is 14.1. The van der Waals surface area contributed by atoms with E-state index in [4.69, 9.17) is 23.2 Å². The van der Waals surface area contributed by atoms with Gasteiger partial charge in [-0.25, -0.2) is 9.97 Å². The molecule has 0 radical (unpaired) electrons. The molecule has 12 heterocycles. The number of halogens is 2. The van der Waals surface area contributed by atoms with Gasteiger partial charge in [0, 0.05) is 43.6 Å². The Balaban J connectivity index is 1.16. The van der Waals surface area contributed by atoms with Crippen LogP contribution >= 0.6 is 23.2 Å². The highest BCUT2D eigenvalue weighted by molar-refractivity contribution is 6.32. The minimum atomic E-state index is -0.475. The number of benzene rings is 4. The van der Waals surface area contributed by atoms with E-state index in [2.05, 4.69) is 79.8 Å².